The van der Waals surface area contributed by atoms with Gasteiger partial charge in [0.1, 0.15) is 0 Å². The van der Waals surface area contributed by atoms with Crippen LogP contribution in [-0.2, 0) is 11.6 Å². The molecule has 0 spiro atoms. The maximum atomic E-state index is 13.1. The van der Waals surface area contributed by atoms with Gasteiger partial charge in [0.25, 0.3) is 0 Å². The second kappa shape index (κ2) is 8.72. The molecule has 0 aliphatic heterocycles. The Kier molecular flexibility index (Phi) is 6.53. The average molecular weight is 397 g/mol. The number of alkyl halides is 3. The normalized spacial score (nSPS) is 25.1. The quantitative estimate of drug-likeness (QED) is 0.520. The summed E-state index contributed by atoms with van der Waals surface area (Å²) < 4.78 is 39.3. The second-order valence-electron chi connectivity index (χ2n) is 8.06. The Bertz CT molecular complexity index is 678. The fourth-order valence-corrected chi connectivity index (χ4v) is 4.13. The standard InChI is InChI=1S/C21H30F3N3O/c1-2-25-19(27-17-7-9-18(28)10-8-17)26-14-20(11-4-12-20)15-5-3-6-16(13-15)21(22,23)24/h3,5-6,13,17-18,28H,2,4,7-12,14H2,1H3,(H2,25,26,27). The highest BCUT2D eigenvalue weighted by Gasteiger charge is 2.40. The zero-order chi connectivity index (χ0) is 20.2. The third-order valence-corrected chi connectivity index (χ3v) is 6.03. The minimum atomic E-state index is -4.33. The van der Waals surface area contributed by atoms with Crippen LogP contribution >= 0.6 is 0 Å². The van der Waals surface area contributed by atoms with Crippen LogP contribution in [-0.4, -0.2) is 36.3 Å². The summed E-state index contributed by atoms with van der Waals surface area (Å²) >= 11 is 0. The first kappa shape index (κ1) is 21.0. The fourth-order valence-electron chi connectivity index (χ4n) is 4.13. The van der Waals surface area contributed by atoms with Gasteiger partial charge in [0.15, 0.2) is 5.96 Å². The van der Waals surface area contributed by atoms with Crippen molar-refractivity contribution in [3.63, 3.8) is 0 Å². The lowest BCUT2D eigenvalue weighted by atomic mass is 9.64. The van der Waals surface area contributed by atoms with Crippen molar-refractivity contribution in [3.05, 3.63) is 35.4 Å². The largest absolute Gasteiger partial charge is 0.416 e. The van der Waals surface area contributed by atoms with E-state index in [1.165, 1.54) is 12.1 Å². The zero-order valence-electron chi connectivity index (χ0n) is 16.4. The van der Waals surface area contributed by atoms with Crippen LogP contribution in [0.4, 0.5) is 13.2 Å². The number of nitrogens with zero attached hydrogens (tertiary/aromatic N) is 1. The van der Waals surface area contributed by atoms with E-state index in [4.69, 9.17) is 4.99 Å². The number of halogens is 3. The van der Waals surface area contributed by atoms with E-state index in [0.717, 1.165) is 63.1 Å². The fraction of sp³-hybridized carbons (Fsp3) is 0.667. The molecule has 4 nitrogen and oxygen atoms in total. The van der Waals surface area contributed by atoms with Crippen LogP contribution in [0.1, 0.15) is 63.0 Å². The second-order valence-corrected chi connectivity index (χ2v) is 8.06. The van der Waals surface area contributed by atoms with E-state index < -0.39 is 11.7 Å². The van der Waals surface area contributed by atoms with Gasteiger partial charge < -0.3 is 15.7 Å². The van der Waals surface area contributed by atoms with Gasteiger partial charge in [-0.25, -0.2) is 0 Å². The van der Waals surface area contributed by atoms with Gasteiger partial charge in [0.05, 0.1) is 18.2 Å². The Morgan fingerprint density at radius 1 is 1.21 bits per heavy atom. The highest BCUT2D eigenvalue weighted by Crippen LogP contribution is 2.45. The van der Waals surface area contributed by atoms with Gasteiger partial charge >= 0.3 is 6.18 Å². The van der Waals surface area contributed by atoms with Crippen molar-refractivity contribution in [3.8, 4) is 0 Å². The van der Waals surface area contributed by atoms with E-state index in [2.05, 4.69) is 10.6 Å². The molecular weight excluding hydrogens is 367 g/mol. The van der Waals surface area contributed by atoms with Crippen molar-refractivity contribution in [2.75, 3.05) is 13.1 Å². The molecule has 0 heterocycles. The minimum Gasteiger partial charge on any atom is -0.393 e. The van der Waals surface area contributed by atoms with Crippen molar-refractivity contribution in [2.24, 2.45) is 4.99 Å². The molecule has 3 N–H and O–H groups in total. The Hall–Kier alpha value is -1.76. The third kappa shape index (κ3) is 4.99. The molecule has 0 unspecified atom stereocenters. The number of rotatable bonds is 5. The van der Waals surface area contributed by atoms with E-state index in [0.29, 0.717) is 12.5 Å². The van der Waals surface area contributed by atoms with Crippen molar-refractivity contribution in [2.45, 2.75) is 75.6 Å². The third-order valence-electron chi connectivity index (χ3n) is 6.03. The van der Waals surface area contributed by atoms with Gasteiger partial charge in [-0.3, -0.25) is 4.99 Å². The summed E-state index contributed by atoms with van der Waals surface area (Å²) in [4.78, 5) is 4.74. The van der Waals surface area contributed by atoms with E-state index >= 15 is 0 Å². The number of hydrogen-bond acceptors (Lipinski definition) is 2. The molecule has 2 saturated carbocycles. The molecule has 0 amide bonds. The summed E-state index contributed by atoms with van der Waals surface area (Å²) in [6.45, 7) is 3.18. The van der Waals surface area contributed by atoms with E-state index in [-0.39, 0.29) is 17.6 Å². The summed E-state index contributed by atoms with van der Waals surface area (Å²) in [5.74, 6) is 0.710. The lowest BCUT2D eigenvalue weighted by molar-refractivity contribution is -0.137. The molecule has 2 fully saturated rings. The first-order valence-corrected chi connectivity index (χ1v) is 10.2. The van der Waals surface area contributed by atoms with Crippen LogP contribution < -0.4 is 10.6 Å². The number of guanidine groups is 1. The summed E-state index contributed by atoms with van der Waals surface area (Å²) in [6.07, 6.45) is 1.53. The SMILES string of the molecule is CCNC(=NCC1(c2cccc(C(F)(F)F)c2)CCC1)NC1CCC(O)CC1. The van der Waals surface area contributed by atoms with Gasteiger partial charge in [-0.2, -0.15) is 13.2 Å². The van der Waals surface area contributed by atoms with Crippen LogP contribution in [0, 0.1) is 0 Å². The van der Waals surface area contributed by atoms with Crippen LogP contribution in [0.25, 0.3) is 0 Å². The molecule has 2 aliphatic carbocycles. The van der Waals surface area contributed by atoms with Crippen molar-refractivity contribution >= 4 is 5.96 Å². The van der Waals surface area contributed by atoms with Crippen molar-refractivity contribution in [1.29, 1.82) is 0 Å². The smallest absolute Gasteiger partial charge is 0.393 e. The number of aliphatic hydroxyl groups excluding tert-OH is 1. The van der Waals surface area contributed by atoms with E-state index in [9.17, 15) is 18.3 Å². The van der Waals surface area contributed by atoms with Gasteiger partial charge in [-0.15, -0.1) is 0 Å². The highest BCUT2D eigenvalue weighted by molar-refractivity contribution is 5.80. The van der Waals surface area contributed by atoms with Crippen LogP contribution in [0.2, 0.25) is 0 Å². The zero-order valence-corrected chi connectivity index (χ0v) is 16.4. The molecule has 0 radical (unpaired) electrons. The predicted molar refractivity (Wildman–Crippen MR) is 104 cm³/mol. The number of aliphatic imine (C=N–C) groups is 1. The Morgan fingerprint density at radius 2 is 1.93 bits per heavy atom. The van der Waals surface area contributed by atoms with Crippen LogP contribution in [0.3, 0.4) is 0 Å². The first-order valence-electron chi connectivity index (χ1n) is 10.2. The first-order chi connectivity index (χ1) is 13.3. The number of aliphatic hydroxyl groups is 1. The Labute approximate surface area is 164 Å². The van der Waals surface area contributed by atoms with Gasteiger partial charge in [-0.1, -0.05) is 24.6 Å². The number of benzene rings is 1. The summed E-state index contributed by atoms with van der Waals surface area (Å²) in [7, 11) is 0. The molecule has 0 aromatic heterocycles. The molecule has 2 aliphatic rings. The average Bonchev–Trinajstić information content (AvgIpc) is 2.62. The van der Waals surface area contributed by atoms with E-state index in [1.54, 1.807) is 6.07 Å². The lowest BCUT2D eigenvalue weighted by Crippen LogP contribution is -2.46. The van der Waals surface area contributed by atoms with Crippen molar-refractivity contribution < 1.29 is 18.3 Å². The molecule has 3 rings (SSSR count). The predicted octanol–water partition coefficient (Wildman–Crippen LogP) is 3.99. The molecule has 28 heavy (non-hydrogen) atoms. The summed E-state index contributed by atoms with van der Waals surface area (Å²) in [5, 5.41) is 16.3. The molecule has 1 aromatic rings. The monoisotopic (exact) mass is 397 g/mol. The minimum absolute atomic E-state index is 0.211. The Morgan fingerprint density at radius 3 is 2.50 bits per heavy atom. The Balaban J connectivity index is 1.73. The van der Waals surface area contributed by atoms with Gasteiger partial charge in [0, 0.05) is 18.0 Å². The molecule has 156 valence electrons. The summed E-state index contributed by atoms with van der Waals surface area (Å²) in [5.41, 5.74) is -0.174. The molecule has 1 aromatic carbocycles. The highest BCUT2D eigenvalue weighted by atomic mass is 19.4. The van der Waals surface area contributed by atoms with Gasteiger partial charge in [-0.05, 0) is 57.1 Å². The molecule has 0 bridgehead atoms. The molecule has 7 heteroatoms. The molecule has 0 saturated heterocycles. The van der Waals surface area contributed by atoms with E-state index in [1.807, 2.05) is 6.92 Å². The van der Waals surface area contributed by atoms with Crippen LogP contribution in [0.15, 0.2) is 29.3 Å². The topological polar surface area (TPSA) is 56.7 Å². The van der Waals surface area contributed by atoms with Crippen molar-refractivity contribution in [1.82, 2.24) is 10.6 Å². The summed E-state index contributed by atoms with van der Waals surface area (Å²) in [6, 6.07) is 5.98. The maximum absolute atomic E-state index is 13.1. The molecular formula is C21H30F3N3O. The van der Waals surface area contributed by atoms with Crippen LogP contribution in [0.5, 0.6) is 0 Å². The molecule has 0 atom stereocenters. The van der Waals surface area contributed by atoms with Gasteiger partial charge in [0.2, 0.25) is 0 Å². The maximum Gasteiger partial charge on any atom is 0.416 e. The lowest BCUT2D eigenvalue weighted by Gasteiger charge is -2.41. The number of nitrogens with one attached hydrogen (secondary N) is 2. The number of hydrogen-bond donors (Lipinski definition) is 3.